The van der Waals surface area contributed by atoms with Gasteiger partial charge in [0.05, 0.1) is 5.56 Å². The maximum atomic E-state index is 12.0. The number of pyridine rings is 1. The number of hydrogen-bond donors (Lipinski definition) is 1. The zero-order chi connectivity index (χ0) is 17.0. The Balaban J connectivity index is 1.96. The molecule has 0 radical (unpaired) electrons. The molecule has 2 rings (SSSR count). The van der Waals surface area contributed by atoms with E-state index in [1.807, 2.05) is 13.8 Å². The SMILES string of the molecule is CC(C)c1cnc(NC(=O)c2ccc(OCC(F)(F)F)nc2)s1. The van der Waals surface area contributed by atoms with Crippen LogP contribution in [0, 0.1) is 0 Å². The summed E-state index contributed by atoms with van der Waals surface area (Å²) in [6.07, 6.45) is -1.59. The van der Waals surface area contributed by atoms with Crippen molar-refractivity contribution in [1.29, 1.82) is 0 Å². The molecule has 0 aromatic carbocycles. The number of alkyl halides is 3. The van der Waals surface area contributed by atoms with Crippen molar-refractivity contribution in [3.05, 3.63) is 35.0 Å². The second kappa shape index (κ2) is 6.95. The summed E-state index contributed by atoms with van der Waals surface area (Å²) in [5, 5.41) is 3.07. The van der Waals surface area contributed by atoms with Crippen molar-refractivity contribution in [3.63, 3.8) is 0 Å². The Morgan fingerprint density at radius 2 is 2.04 bits per heavy atom. The van der Waals surface area contributed by atoms with E-state index >= 15 is 0 Å². The van der Waals surface area contributed by atoms with Gasteiger partial charge in [-0.15, -0.1) is 11.3 Å². The first-order valence-corrected chi connectivity index (χ1v) is 7.49. The molecule has 124 valence electrons. The van der Waals surface area contributed by atoms with Crippen molar-refractivity contribution in [1.82, 2.24) is 9.97 Å². The van der Waals surface area contributed by atoms with Crippen LogP contribution in [0.4, 0.5) is 18.3 Å². The van der Waals surface area contributed by atoms with E-state index in [1.165, 1.54) is 23.5 Å². The minimum absolute atomic E-state index is 0.199. The summed E-state index contributed by atoms with van der Waals surface area (Å²) in [5.41, 5.74) is 0.200. The number of nitrogens with zero attached hydrogens (tertiary/aromatic N) is 2. The molecule has 2 aromatic rings. The van der Waals surface area contributed by atoms with Crippen molar-refractivity contribution in [3.8, 4) is 5.88 Å². The van der Waals surface area contributed by atoms with Gasteiger partial charge in [-0.3, -0.25) is 10.1 Å². The van der Waals surface area contributed by atoms with E-state index in [9.17, 15) is 18.0 Å². The van der Waals surface area contributed by atoms with E-state index in [0.717, 1.165) is 11.1 Å². The number of halogens is 3. The van der Waals surface area contributed by atoms with E-state index in [-0.39, 0.29) is 11.4 Å². The van der Waals surface area contributed by atoms with Crippen LogP contribution >= 0.6 is 11.3 Å². The number of carbonyl (C=O) groups is 1. The van der Waals surface area contributed by atoms with Crippen LogP contribution in [0.1, 0.15) is 35.0 Å². The van der Waals surface area contributed by atoms with Crippen LogP contribution in [0.15, 0.2) is 24.5 Å². The number of ether oxygens (including phenoxy) is 1. The second-order valence-corrected chi connectivity index (χ2v) is 6.03. The molecule has 1 N–H and O–H groups in total. The Morgan fingerprint density at radius 1 is 1.30 bits per heavy atom. The molecule has 0 bridgehead atoms. The van der Waals surface area contributed by atoms with Gasteiger partial charge in [-0.2, -0.15) is 13.2 Å². The zero-order valence-electron chi connectivity index (χ0n) is 12.3. The number of anilines is 1. The number of aromatic nitrogens is 2. The van der Waals surface area contributed by atoms with E-state index in [0.29, 0.717) is 11.0 Å². The third-order valence-electron chi connectivity index (χ3n) is 2.70. The van der Waals surface area contributed by atoms with Gasteiger partial charge in [-0.05, 0) is 12.0 Å². The number of rotatable bonds is 5. The smallest absolute Gasteiger partial charge is 0.422 e. The summed E-state index contributed by atoms with van der Waals surface area (Å²) < 4.78 is 40.6. The first-order chi connectivity index (χ1) is 10.7. The van der Waals surface area contributed by atoms with Crippen molar-refractivity contribution in [2.45, 2.75) is 25.9 Å². The molecule has 0 spiro atoms. The predicted molar refractivity (Wildman–Crippen MR) is 79.9 cm³/mol. The summed E-state index contributed by atoms with van der Waals surface area (Å²) in [4.78, 5) is 20.8. The van der Waals surface area contributed by atoms with Crippen molar-refractivity contribution in [2.24, 2.45) is 0 Å². The average Bonchev–Trinajstić information content (AvgIpc) is 2.93. The van der Waals surface area contributed by atoms with Crippen molar-refractivity contribution in [2.75, 3.05) is 11.9 Å². The molecule has 0 fully saturated rings. The topological polar surface area (TPSA) is 64.1 Å². The highest BCUT2D eigenvalue weighted by Gasteiger charge is 2.28. The largest absolute Gasteiger partial charge is 0.468 e. The molecule has 0 unspecified atom stereocenters. The predicted octanol–water partition coefficient (Wildman–Crippen LogP) is 3.85. The minimum Gasteiger partial charge on any atom is -0.468 e. The Bertz CT molecular complexity index is 669. The lowest BCUT2D eigenvalue weighted by Gasteiger charge is -2.08. The van der Waals surface area contributed by atoms with Crippen LogP contribution < -0.4 is 10.1 Å². The van der Waals surface area contributed by atoms with Gasteiger partial charge in [0.15, 0.2) is 11.7 Å². The van der Waals surface area contributed by atoms with Crippen LogP contribution in [0.5, 0.6) is 5.88 Å². The van der Waals surface area contributed by atoms with Crippen LogP contribution in [-0.2, 0) is 0 Å². The molecule has 0 atom stereocenters. The standard InChI is InChI=1S/C14H14F3N3O2S/c1-8(2)10-6-19-13(23-10)20-12(21)9-3-4-11(18-5-9)22-7-14(15,16)17/h3-6,8H,7H2,1-2H3,(H,19,20,21). The molecule has 1 amide bonds. The van der Waals surface area contributed by atoms with Gasteiger partial charge in [0.25, 0.3) is 5.91 Å². The molecule has 23 heavy (non-hydrogen) atoms. The average molecular weight is 345 g/mol. The maximum absolute atomic E-state index is 12.0. The van der Waals surface area contributed by atoms with E-state index < -0.39 is 18.7 Å². The lowest BCUT2D eigenvalue weighted by atomic mass is 10.2. The number of nitrogens with one attached hydrogen (secondary N) is 1. The first-order valence-electron chi connectivity index (χ1n) is 6.67. The summed E-state index contributed by atoms with van der Waals surface area (Å²) in [6, 6.07) is 2.55. The van der Waals surface area contributed by atoms with Gasteiger partial charge in [0.2, 0.25) is 5.88 Å². The van der Waals surface area contributed by atoms with Gasteiger partial charge in [0, 0.05) is 23.3 Å². The normalized spacial score (nSPS) is 11.6. The summed E-state index contributed by atoms with van der Waals surface area (Å²) in [6.45, 7) is 2.61. The van der Waals surface area contributed by atoms with Crippen LogP contribution in [0.3, 0.4) is 0 Å². The van der Waals surface area contributed by atoms with Crippen LogP contribution in [-0.4, -0.2) is 28.7 Å². The Labute approximate surface area is 134 Å². The molecule has 5 nitrogen and oxygen atoms in total. The van der Waals surface area contributed by atoms with Crippen molar-refractivity contribution < 1.29 is 22.7 Å². The van der Waals surface area contributed by atoms with Crippen LogP contribution in [0.25, 0.3) is 0 Å². The van der Waals surface area contributed by atoms with Gasteiger partial charge in [-0.1, -0.05) is 13.8 Å². The fourth-order valence-electron chi connectivity index (χ4n) is 1.54. The van der Waals surface area contributed by atoms with Gasteiger partial charge in [0.1, 0.15) is 0 Å². The molecular weight excluding hydrogens is 331 g/mol. The quantitative estimate of drug-likeness (QED) is 0.894. The zero-order valence-corrected chi connectivity index (χ0v) is 13.2. The Morgan fingerprint density at radius 3 is 2.57 bits per heavy atom. The molecule has 0 saturated carbocycles. The second-order valence-electron chi connectivity index (χ2n) is 4.97. The molecule has 0 aliphatic rings. The molecule has 9 heteroatoms. The monoisotopic (exact) mass is 345 g/mol. The first kappa shape index (κ1) is 17.2. The molecule has 2 aromatic heterocycles. The number of carbonyl (C=O) groups excluding carboxylic acids is 1. The number of amides is 1. The maximum Gasteiger partial charge on any atom is 0.422 e. The van der Waals surface area contributed by atoms with E-state index in [1.54, 1.807) is 6.20 Å². The summed E-state index contributed by atoms with van der Waals surface area (Å²) >= 11 is 1.36. The highest BCUT2D eigenvalue weighted by Crippen LogP contribution is 2.25. The van der Waals surface area contributed by atoms with Gasteiger partial charge in [-0.25, -0.2) is 9.97 Å². The lowest BCUT2D eigenvalue weighted by Crippen LogP contribution is -2.19. The fraction of sp³-hybridized carbons (Fsp3) is 0.357. The molecule has 0 saturated heterocycles. The molecule has 2 heterocycles. The Hall–Kier alpha value is -2.16. The number of hydrogen-bond acceptors (Lipinski definition) is 5. The van der Waals surface area contributed by atoms with Crippen molar-refractivity contribution >= 4 is 22.4 Å². The summed E-state index contributed by atoms with van der Waals surface area (Å²) in [5.74, 6) is -0.329. The third-order valence-corrected chi connectivity index (χ3v) is 3.91. The molecule has 0 aliphatic heterocycles. The lowest BCUT2D eigenvalue weighted by molar-refractivity contribution is -0.154. The van der Waals surface area contributed by atoms with Gasteiger partial charge >= 0.3 is 6.18 Å². The van der Waals surface area contributed by atoms with Crippen LogP contribution in [0.2, 0.25) is 0 Å². The summed E-state index contributed by atoms with van der Waals surface area (Å²) in [7, 11) is 0. The highest BCUT2D eigenvalue weighted by atomic mass is 32.1. The van der Waals surface area contributed by atoms with E-state index in [2.05, 4.69) is 20.0 Å². The third kappa shape index (κ3) is 5.20. The fourth-order valence-corrected chi connectivity index (χ4v) is 2.35. The van der Waals surface area contributed by atoms with Gasteiger partial charge < -0.3 is 4.74 Å². The molecular formula is C14H14F3N3O2S. The van der Waals surface area contributed by atoms with E-state index in [4.69, 9.17) is 0 Å². The number of thiazole rings is 1. The Kier molecular flexibility index (Phi) is 5.19. The minimum atomic E-state index is -4.43. The molecule has 0 aliphatic carbocycles. The highest BCUT2D eigenvalue weighted by molar-refractivity contribution is 7.15.